The van der Waals surface area contributed by atoms with Gasteiger partial charge in [-0.05, 0) is 64.0 Å². The molecule has 1 aromatic heterocycles. The van der Waals surface area contributed by atoms with Crippen LogP contribution in [0, 0.1) is 12.8 Å². The molecule has 1 amide bonds. The Bertz CT molecular complexity index is 1060. The molecule has 2 aromatic carbocycles. The third kappa shape index (κ3) is 6.33. The number of hydrogen-bond donors (Lipinski definition) is 1. The zero-order valence-electron chi connectivity index (χ0n) is 19.0. The van der Waals surface area contributed by atoms with E-state index in [1.54, 1.807) is 6.07 Å². The van der Waals surface area contributed by atoms with E-state index >= 15 is 0 Å². The van der Waals surface area contributed by atoms with E-state index < -0.39 is 0 Å². The van der Waals surface area contributed by atoms with Crippen molar-refractivity contribution in [1.29, 1.82) is 0 Å². The van der Waals surface area contributed by atoms with Crippen molar-refractivity contribution < 1.29 is 14.1 Å². The van der Waals surface area contributed by atoms with Gasteiger partial charge in [0, 0.05) is 11.5 Å². The number of rotatable bonds is 8. The van der Waals surface area contributed by atoms with Gasteiger partial charge in [-0.2, -0.15) is 4.98 Å². The van der Waals surface area contributed by atoms with Gasteiger partial charge in [-0.25, -0.2) is 0 Å². The average Bonchev–Trinajstić information content (AvgIpc) is 3.27. The van der Waals surface area contributed by atoms with Crippen molar-refractivity contribution in [3.8, 4) is 17.1 Å². The number of nitrogens with one attached hydrogen (secondary N) is 1. The molecule has 7 nitrogen and oxygen atoms in total. The smallest absolute Gasteiger partial charge is 0.241 e. The van der Waals surface area contributed by atoms with Gasteiger partial charge in [0.25, 0.3) is 0 Å². The van der Waals surface area contributed by atoms with Crippen LogP contribution < -0.4 is 10.1 Å². The lowest BCUT2D eigenvalue weighted by Gasteiger charge is -2.30. The Labute approximate surface area is 199 Å². The Kier molecular flexibility index (Phi) is 7.62. The Balaban J connectivity index is 1.20. The third-order valence-electron chi connectivity index (χ3n) is 5.81. The Morgan fingerprint density at radius 3 is 2.67 bits per heavy atom. The number of nitrogens with zero attached hydrogens (tertiary/aromatic N) is 3. The molecule has 1 fully saturated rings. The number of carbonyl (C=O) groups is 1. The summed E-state index contributed by atoms with van der Waals surface area (Å²) >= 11 is 6.22. The maximum atomic E-state index is 12.7. The molecule has 0 spiro atoms. The number of hydrogen-bond acceptors (Lipinski definition) is 6. The van der Waals surface area contributed by atoms with Crippen LogP contribution in [0.3, 0.4) is 0 Å². The first-order valence-corrected chi connectivity index (χ1v) is 11.7. The number of halogens is 1. The predicted molar refractivity (Wildman–Crippen MR) is 127 cm³/mol. The number of benzene rings is 2. The second kappa shape index (κ2) is 10.8. The first-order chi connectivity index (χ1) is 16.0. The van der Waals surface area contributed by atoms with E-state index in [0.29, 0.717) is 29.9 Å². The molecule has 8 heteroatoms. The molecule has 1 aliphatic rings. The highest BCUT2D eigenvalue weighted by molar-refractivity contribution is 6.33. The maximum absolute atomic E-state index is 12.7. The zero-order chi connectivity index (χ0) is 23.2. The van der Waals surface area contributed by atoms with Gasteiger partial charge in [0.05, 0.1) is 17.6 Å². The molecule has 2 heterocycles. The molecule has 1 saturated heterocycles. The van der Waals surface area contributed by atoms with Gasteiger partial charge in [0.15, 0.2) is 0 Å². The molecule has 0 bridgehead atoms. The van der Waals surface area contributed by atoms with Crippen LogP contribution >= 0.6 is 11.6 Å². The SMILES string of the molecule is Cc1ccc(OCC(C)NC(=O)C2CCN(Cc3nc(-c4ccccc4Cl)no3)CC2)cc1. The Hall–Kier alpha value is -2.90. The molecule has 3 aromatic rings. The van der Waals surface area contributed by atoms with Crippen molar-refractivity contribution in [1.82, 2.24) is 20.4 Å². The van der Waals surface area contributed by atoms with Crippen LogP contribution in [0.15, 0.2) is 53.1 Å². The summed E-state index contributed by atoms with van der Waals surface area (Å²) in [5.74, 6) is 1.95. The molecule has 0 aliphatic carbocycles. The minimum absolute atomic E-state index is 0.00412. The van der Waals surface area contributed by atoms with Crippen LogP contribution in [0.2, 0.25) is 5.02 Å². The normalized spacial score (nSPS) is 15.8. The van der Waals surface area contributed by atoms with E-state index in [9.17, 15) is 4.79 Å². The lowest BCUT2D eigenvalue weighted by molar-refractivity contribution is -0.127. The predicted octanol–water partition coefficient (Wildman–Crippen LogP) is 4.49. The first kappa shape index (κ1) is 23.3. The maximum Gasteiger partial charge on any atom is 0.241 e. The molecular weight excluding hydrogens is 440 g/mol. The molecular formula is C25H29ClN4O3. The largest absolute Gasteiger partial charge is 0.491 e. The number of carbonyl (C=O) groups excluding carboxylic acids is 1. The van der Waals surface area contributed by atoms with Gasteiger partial charge in [-0.1, -0.05) is 46.6 Å². The van der Waals surface area contributed by atoms with Crippen LogP contribution in [-0.4, -0.2) is 46.7 Å². The van der Waals surface area contributed by atoms with E-state index in [2.05, 4.69) is 20.4 Å². The van der Waals surface area contributed by atoms with Gasteiger partial charge < -0.3 is 14.6 Å². The van der Waals surface area contributed by atoms with E-state index in [1.807, 2.05) is 56.3 Å². The van der Waals surface area contributed by atoms with Crippen molar-refractivity contribution in [2.24, 2.45) is 5.92 Å². The summed E-state index contributed by atoms with van der Waals surface area (Å²) in [6.45, 7) is 6.61. The summed E-state index contributed by atoms with van der Waals surface area (Å²) in [6, 6.07) is 15.3. The summed E-state index contributed by atoms with van der Waals surface area (Å²) in [6.07, 6.45) is 1.59. The van der Waals surface area contributed by atoms with Crippen LogP contribution in [0.5, 0.6) is 5.75 Å². The topological polar surface area (TPSA) is 80.5 Å². The highest BCUT2D eigenvalue weighted by atomic mass is 35.5. The summed E-state index contributed by atoms with van der Waals surface area (Å²) in [5.41, 5.74) is 1.94. The second-order valence-corrected chi connectivity index (χ2v) is 8.98. The minimum atomic E-state index is -0.0570. The summed E-state index contributed by atoms with van der Waals surface area (Å²) in [4.78, 5) is 19.4. The second-order valence-electron chi connectivity index (χ2n) is 8.58. The van der Waals surface area contributed by atoms with Gasteiger partial charge >= 0.3 is 0 Å². The monoisotopic (exact) mass is 468 g/mol. The highest BCUT2D eigenvalue weighted by Crippen LogP contribution is 2.25. The van der Waals surface area contributed by atoms with Gasteiger partial charge in [-0.15, -0.1) is 0 Å². The molecule has 0 saturated carbocycles. The van der Waals surface area contributed by atoms with Crippen LogP contribution in [0.1, 0.15) is 31.2 Å². The van der Waals surface area contributed by atoms with Gasteiger partial charge in [0.1, 0.15) is 12.4 Å². The molecule has 1 atom stereocenters. The number of amides is 1. The molecule has 174 valence electrons. The number of piperidine rings is 1. The number of ether oxygens (including phenoxy) is 1. The molecule has 1 aliphatic heterocycles. The van der Waals surface area contributed by atoms with Gasteiger partial charge in [-0.3, -0.25) is 9.69 Å². The van der Waals surface area contributed by atoms with Gasteiger partial charge in [0.2, 0.25) is 17.6 Å². The lowest BCUT2D eigenvalue weighted by atomic mass is 9.95. The average molecular weight is 469 g/mol. The summed E-state index contributed by atoms with van der Waals surface area (Å²) < 4.78 is 11.2. The Morgan fingerprint density at radius 2 is 1.94 bits per heavy atom. The molecule has 1 N–H and O–H groups in total. The quantitative estimate of drug-likeness (QED) is 0.524. The summed E-state index contributed by atoms with van der Waals surface area (Å²) in [7, 11) is 0. The fourth-order valence-electron chi connectivity index (χ4n) is 3.87. The minimum Gasteiger partial charge on any atom is -0.491 e. The number of aromatic nitrogens is 2. The van der Waals surface area contributed by atoms with Crippen molar-refractivity contribution >= 4 is 17.5 Å². The van der Waals surface area contributed by atoms with E-state index in [0.717, 1.165) is 37.2 Å². The standard InChI is InChI=1S/C25H29ClN4O3/c1-17-7-9-20(10-8-17)32-16-18(2)27-25(31)19-11-13-30(14-12-19)15-23-28-24(29-33-23)21-5-3-4-6-22(21)26/h3-10,18-19H,11-16H2,1-2H3,(H,27,31). The van der Waals surface area contributed by atoms with Crippen LogP contribution in [-0.2, 0) is 11.3 Å². The van der Waals surface area contributed by atoms with Crippen molar-refractivity contribution in [2.45, 2.75) is 39.3 Å². The fraction of sp³-hybridized carbons (Fsp3) is 0.400. The lowest BCUT2D eigenvalue weighted by Crippen LogP contribution is -2.44. The van der Waals surface area contributed by atoms with Crippen LogP contribution in [0.4, 0.5) is 0 Å². The molecule has 33 heavy (non-hydrogen) atoms. The molecule has 1 unspecified atom stereocenters. The van der Waals surface area contributed by atoms with Crippen molar-refractivity contribution in [3.05, 3.63) is 65.0 Å². The summed E-state index contributed by atoms with van der Waals surface area (Å²) in [5, 5.41) is 7.74. The Morgan fingerprint density at radius 1 is 1.21 bits per heavy atom. The zero-order valence-corrected chi connectivity index (χ0v) is 19.7. The fourth-order valence-corrected chi connectivity index (χ4v) is 4.09. The van der Waals surface area contributed by atoms with E-state index in [-0.39, 0.29) is 17.9 Å². The van der Waals surface area contributed by atoms with E-state index in [1.165, 1.54) is 5.56 Å². The van der Waals surface area contributed by atoms with E-state index in [4.69, 9.17) is 20.9 Å². The number of likely N-dealkylation sites (tertiary alicyclic amines) is 1. The van der Waals surface area contributed by atoms with Crippen LogP contribution in [0.25, 0.3) is 11.4 Å². The number of aryl methyl sites for hydroxylation is 1. The first-order valence-electron chi connectivity index (χ1n) is 11.3. The van der Waals surface area contributed by atoms with Crippen molar-refractivity contribution in [2.75, 3.05) is 19.7 Å². The molecule has 4 rings (SSSR count). The van der Waals surface area contributed by atoms with Crippen molar-refractivity contribution in [3.63, 3.8) is 0 Å². The molecule has 0 radical (unpaired) electrons. The highest BCUT2D eigenvalue weighted by Gasteiger charge is 2.27. The third-order valence-corrected chi connectivity index (χ3v) is 6.14.